The molecule has 1 saturated heterocycles. The molecule has 0 radical (unpaired) electrons. The van der Waals surface area contributed by atoms with E-state index in [4.69, 9.17) is 0 Å². The van der Waals surface area contributed by atoms with E-state index in [9.17, 15) is 5.11 Å². The highest BCUT2D eigenvalue weighted by atomic mass is 16.3. The lowest BCUT2D eigenvalue weighted by molar-refractivity contribution is 0.0304. The molecule has 128 valence electrons. The lowest BCUT2D eigenvalue weighted by Gasteiger charge is -2.40. The standard InChI is InChI=1S/C19H26N4O/c1-15-3-5-20-17(9-15)11-22-7-8-23(19(13-22)14-24)12-18-10-16(2)4-6-21-18/h3-6,9-10,19,24H,7-8,11-14H2,1-2H3. The first-order chi connectivity index (χ1) is 11.6. The Hall–Kier alpha value is -1.82. The van der Waals surface area contributed by atoms with Crippen LogP contribution in [0.4, 0.5) is 0 Å². The van der Waals surface area contributed by atoms with Crippen LogP contribution < -0.4 is 0 Å². The lowest BCUT2D eigenvalue weighted by Crippen LogP contribution is -2.53. The molecule has 0 amide bonds. The fourth-order valence-electron chi connectivity index (χ4n) is 3.29. The van der Waals surface area contributed by atoms with Crippen LogP contribution in [0.2, 0.25) is 0 Å². The van der Waals surface area contributed by atoms with Gasteiger partial charge >= 0.3 is 0 Å². The zero-order chi connectivity index (χ0) is 16.9. The van der Waals surface area contributed by atoms with Crippen LogP contribution in [0, 0.1) is 13.8 Å². The molecule has 1 aliphatic heterocycles. The van der Waals surface area contributed by atoms with E-state index in [1.54, 1.807) is 0 Å². The average molecular weight is 326 g/mol. The molecule has 0 saturated carbocycles. The molecule has 5 heteroatoms. The minimum atomic E-state index is 0.144. The third kappa shape index (κ3) is 4.38. The van der Waals surface area contributed by atoms with Gasteiger partial charge in [-0.25, -0.2) is 0 Å². The van der Waals surface area contributed by atoms with Gasteiger partial charge in [-0.1, -0.05) is 0 Å². The number of aliphatic hydroxyl groups is 1. The molecule has 2 aromatic rings. The highest BCUT2D eigenvalue weighted by Crippen LogP contribution is 2.15. The van der Waals surface area contributed by atoms with Gasteiger partial charge in [0.15, 0.2) is 0 Å². The molecule has 2 aromatic heterocycles. The molecular formula is C19H26N4O. The van der Waals surface area contributed by atoms with Crippen molar-refractivity contribution in [2.75, 3.05) is 26.2 Å². The summed E-state index contributed by atoms with van der Waals surface area (Å²) in [5, 5.41) is 9.82. The predicted octanol–water partition coefficient (Wildman–Crippen LogP) is 1.77. The molecule has 1 aliphatic rings. The Balaban J connectivity index is 1.61. The van der Waals surface area contributed by atoms with Gasteiger partial charge in [0.05, 0.1) is 18.0 Å². The summed E-state index contributed by atoms with van der Waals surface area (Å²) in [6.45, 7) is 8.76. The van der Waals surface area contributed by atoms with E-state index >= 15 is 0 Å². The van der Waals surface area contributed by atoms with Crippen LogP contribution in [0.25, 0.3) is 0 Å². The lowest BCUT2D eigenvalue weighted by atomic mass is 10.1. The van der Waals surface area contributed by atoms with E-state index in [-0.39, 0.29) is 12.6 Å². The van der Waals surface area contributed by atoms with E-state index < -0.39 is 0 Å². The molecule has 0 aromatic carbocycles. The first-order valence-corrected chi connectivity index (χ1v) is 8.54. The number of aryl methyl sites for hydroxylation is 2. The Morgan fingerprint density at radius 1 is 1.00 bits per heavy atom. The van der Waals surface area contributed by atoms with Crippen LogP contribution in [-0.4, -0.2) is 57.2 Å². The zero-order valence-corrected chi connectivity index (χ0v) is 14.5. The van der Waals surface area contributed by atoms with Crippen molar-refractivity contribution >= 4 is 0 Å². The minimum Gasteiger partial charge on any atom is -0.395 e. The summed E-state index contributed by atoms with van der Waals surface area (Å²) in [5.41, 5.74) is 4.63. The van der Waals surface area contributed by atoms with E-state index in [1.807, 2.05) is 24.5 Å². The van der Waals surface area contributed by atoms with Crippen LogP contribution in [0.5, 0.6) is 0 Å². The van der Waals surface area contributed by atoms with Crippen LogP contribution in [0.1, 0.15) is 22.5 Å². The highest BCUT2D eigenvalue weighted by molar-refractivity contribution is 5.15. The SMILES string of the molecule is Cc1ccnc(CN2CCN(Cc3cc(C)ccn3)C(CO)C2)c1. The second kappa shape index (κ2) is 7.83. The van der Waals surface area contributed by atoms with Crippen molar-refractivity contribution in [2.45, 2.75) is 33.0 Å². The van der Waals surface area contributed by atoms with Gasteiger partial charge in [-0.05, 0) is 49.2 Å². The predicted molar refractivity (Wildman–Crippen MR) is 94.5 cm³/mol. The third-order valence-electron chi connectivity index (χ3n) is 4.59. The van der Waals surface area contributed by atoms with Crippen LogP contribution in [0.3, 0.4) is 0 Å². The van der Waals surface area contributed by atoms with E-state index in [2.05, 4.69) is 45.7 Å². The number of nitrogens with zero attached hydrogens (tertiary/aromatic N) is 4. The van der Waals surface area contributed by atoms with Crippen LogP contribution in [0.15, 0.2) is 36.7 Å². The van der Waals surface area contributed by atoms with Gasteiger partial charge in [0, 0.05) is 51.2 Å². The molecule has 0 bridgehead atoms. The number of hydrogen-bond donors (Lipinski definition) is 1. The van der Waals surface area contributed by atoms with Crippen molar-refractivity contribution in [1.29, 1.82) is 0 Å². The summed E-state index contributed by atoms with van der Waals surface area (Å²) in [6.07, 6.45) is 3.73. The summed E-state index contributed by atoms with van der Waals surface area (Å²) < 4.78 is 0. The Labute approximate surface area is 144 Å². The monoisotopic (exact) mass is 326 g/mol. The summed E-state index contributed by atoms with van der Waals surface area (Å²) in [6, 6.07) is 8.44. The molecule has 0 aliphatic carbocycles. The Morgan fingerprint density at radius 2 is 1.62 bits per heavy atom. The molecule has 3 rings (SSSR count). The summed E-state index contributed by atoms with van der Waals surface area (Å²) in [7, 11) is 0. The van der Waals surface area contributed by atoms with Crippen molar-refractivity contribution in [3.8, 4) is 0 Å². The molecule has 24 heavy (non-hydrogen) atoms. The quantitative estimate of drug-likeness (QED) is 0.907. The smallest absolute Gasteiger partial charge is 0.0599 e. The fourth-order valence-corrected chi connectivity index (χ4v) is 3.29. The van der Waals surface area contributed by atoms with Crippen molar-refractivity contribution in [1.82, 2.24) is 19.8 Å². The Kier molecular flexibility index (Phi) is 5.56. The maximum absolute atomic E-state index is 9.82. The molecule has 1 fully saturated rings. The van der Waals surface area contributed by atoms with E-state index in [0.717, 1.165) is 44.1 Å². The maximum Gasteiger partial charge on any atom is 0.0599 e. The van der Waals surface area contributed by atoms with Crippen molar-refractivity contribution in [3.63, 3.8) is 0 Å². The number of aliphatic hydroxyl groups excluding tert-OH is 1. The molecule has 3 heterocycles. The van der Waals surface area contributed by atoms with Crippen LogP contribution in [-0.2, 0) is 13.1 Å². The normalized spacial score (nSPS) is 19.5. The van der Waals surface area contributed by atoms with Crippen molar-refractivity contribution in [2.24, 2.45) is 0 Å². The topological polar surface area (TPSA) is 52.5 Å². The second-order valence-electron chi connectivity index (χ2n) is 6.69. The number of pyridine rings is 2. The largest absolute Gasteiger partial charge is 0.395 e. The van der Waals surface area contributed by atoms with Gasteiger partial charge in [0.25, 0.3) is 0 Å². The Morgan fingerprint density at radius 3 is 2.21 bits per heavy atom. The van der Waals surface area contributed by atoms with Gasteiger partial charge in [0.1, 0.15) is 0 Å². The molecule has 0 spiro atoms. The number of aromatic nitrogens is 2. The molecule has 1 N–H and O–H groups in total. The van der Waals surface area contributed by atoms with Gasteiger partial charge in [-0.2, -0.15) is 0 Å². The van der Waals surface area contributed by atoms with Gasteiger partial charge < -0.3 is 5.11 Å². The average Bonchev–Trinajstić information content (AvgIpc) is 2.56. The van der Waals surface area contributed by atoms with Gasteiger partial charge in [-0.3, -0.25) is 19.8 Å². The summed E-state index contributed by atoms with van der Waals surface area (Å²) >= 11 is 0. The molecule has 1 unspecified atom stereocenters. The first kappa shape index (κ1) is 17.0. The Bertz CT molecular complexity index is 676. The van der Waals surface area contributed by atoms with Gasteiger partial charge in [-0.15, -0.1) is 0 Å². The third-order valence-corrected chi connectivity index (χ3v) is 4.59. The molecule has 5 nitrogen and oxygen atoms in total. The molecule has 1 atom stereocenters. The first-order valence-electron chi connectivity index (χ1n) is 8.54. The number of rotatable bonds is 5. The van der Waals surface area contributed by atoms with Crippen LogP contribution >= 0.6 is 0 Å². The number of hydrogen-bond acceptors (Lipinski definition) is 5. The molecular weight excluding hydrogens is 300 g/mol. The minimum absolute atomic E-state index is 0.144. The van der Waals surface area contributed by atoms with E-state index in [0.29, 0.717) is 0 Å². The summed E-state index contributed by atoms with van der Waals surface area (Å²) in [4.78, 5) is 13.6. The van der Waals surface area contributed by atoms with Gasteiger partial charge in [0.2, 0.25) is 0 Å². The van der Waals surface area contributed by atoms with E-state index in [1.165, 1.54) is 11.1 Å². The maximum atomic E-state index is 9.82. The highest BCUT2D eigenvalue weighted by Gasteiger charge is 2.27. The van der Waals surface area contributed by atoms with Crippen molar-refractivity contribution < 1.29 is 5.11 Å². The second-order valence-corrected chi connectivity index (χ2v) is 6.69. The summed E-state index contributed by atoms with van der Waals surface area (Å²) in [5.74, 6) is 0. The fraction of sp³-hybridized carbons (Fsp3) is 0.474. The zero-order valence-electron chi connectivity index (χ0n) is 14.5. The number of piperazine rings is 1. The van der Waals surface area contributed by atoms with Crippen molar-refractivity contribution in [3.05, 3.63) is 59.2 Å².